The van der Waals surface area contributed by atoms with Gasteiger partial charge in [0.05, 0.1) is 18.8 Å². The van der Waals surface area contributed by atoms with Crippen molar-refractivity contribution in [2.45, 2.75) is 84.0 Å². The van der Waals surface area contributed by atoms with Gasteiger partial charge in [0.15, 0.2) is 0 Å². The average molecular weight is 320 g/mol. The SMILES string of the molecule is CC1=C2C[C@H](O)[C@]3(C)CC[C@H]4OC[C@@]4(O)[C@H]3C[C@H](CC1)C2(C)C. The summed E-state index contributed by atoms with van der Waals surface area (Å²) in [5, 5.41) is 22.5. The second-order valence-electron chi connectivity index (χ2n) is 9.56. The van der Waals surface area contributed by atoms with E-state index in [1.165, 1.54) is 17.6 Å². The quantitative estimate of drug-likeness (QED) is 0.672. The maximum absolute atomic E-state index is 11.3. The third-order valence-corrected chi connectivity index (χ3v) is 8.28. The van der Waals surface area contributed by atoms with E-state index in [0.29, 0.717) is 12.5 Å². The Morgan fingerprint density at radius 2 is 1.91 bits per heavy atom. The number of aliphatic hydroxyl groups excluding tert-OH is 1. The fourth-order valence-corrected chi connectivity index (χ4v) is 6.35. The van der Waals surface area contributed by atoms with Crippen LogP contribution in [0.5, 0.6) is 0 Å². The zero-order valence-electron chi connectivity index (χ0n) is 15.1. The lowest BCUT2D eigenvalue weighted by molar-refractivity contribution is -0.313. The molecule has 0 radical (unpaired) electrons. The molecule has 2 saturated carbocycles. The van der Waals surface area contributed by atoms with Gasteiger partial charge in [0, 0.05) is 5.92 Å². The first-order valence-electron chi connectivity index (χ1n) is 9.41. The molecule has 0 amide bonds. The van der Waals surface area contributed by atoms with Crippen molar-refractivity contribution in [2.75, 3.05) is 6.61 Å². The van der Waals surface area contributed by atoms with Gasteiger partial charge in [-0.05, 0) is 62.2 Å². The molecule has 1 saturated heterocycles. The minimum atomic E-state index is -0.711. The van der Waals surface area contributed by atoms with E-state index in [1.807, 2.05) is 0 Å². The summed E-state index contributed by atoms with van der Waals surface area (Å²) in [6.45, 7) is 9.64. The van der Waals surface area contributed by atoms with Crippen molar-refractivity contribution in [3.05, 3.63) is 11.1 Å². The Kier molecular flexibility index (Phi) is 3.38. The Labute approximate surface area is 140 Å². The summed E-state index contributed by atoms with van der Waals surface area (Å²) >= 11 is 0. The standard InChI is InChI=1S/C20H32O3/c1-12-5-6-13-9-15-19(4,8-7-17-20(15,22)11-23-17)16(21)10-14(12)18(13,2)3/h13,15-17,21-22H,5-11H2,1-4H3/t13-,15-,16-,17+,19+,20+/m0/s1. The molecule has 0 unspecified atom stereocenters. The summed E-state index contributed by atoms with van der Waals surface area (Å²) in [7, 11) is 0. The third kappa shape index (κ3) is 1.99. The zero-order valence-corrected chi connectivity index (χ0v) is 15.1. The molecule has 1 heterocycles. The fourth-order valence-electron chi connectivity index (χ4n) is 6.35. The number of ether oxygens (including phenoxy) is 1. The second-order valence-corrected chi connectivity index (χ2v) is 9.56. The second kappa shape index (κ2) is 4.83. The molecule has 3 fully saturated rings. The number of allylic oxidation sites excluding steroid dienone is 1. The van der Waals surface area contributed by atoms with Crippen LogP contribution >= 0.6 is 0 Å². The van der Waals surface area contributed by atoms with Crippen molar-refractivity contribution in [1.82, 2.24) is 0 Å². The molecule has 23 heavy (non-hydrogen) atoms. The van der Waals surface area contributed by atoms with Crippen LogP contribution in [0, 0.1) is 22.7 Å². The molecule has 4 aliphatic rings. The molecule has 0 aromatic heterocycles. The van der Waals surface area contributed by atoms with E-state index >= 15 is 0 Å². The summed E-state index contributed by atoms with van der Waals surface area (Å²) in [6, 6.07) is 0. The maximum Gasteiger partial charge on any atom is 0.117 e. The van der Waals surface area contributed by atoms with Crippen molar-refractivity contribution in [3.63, 3.8) is 0 Å². The highest BCUT2D eigenvalue weighted by atomic mass is 16.6. The highest BCUT2D eigenvalue weighted by molar-refractivity contribution is 5.28. The van der Waals surface area contributed by atoms with Crippen LogP contribution in [0.25, 0.3) is 0 Å². The smallest absolute Gasteiger partial charge is 0.117 e. The van der Waals surface area contributed by atoms with E-state index in [9.17, 15) is 10.2 Å². The van der Waals surface area contributed by atoms with Crippen molar-refractivity contribution in [3.8, 4) is 0 Å². The van der Waals surface area contributed by atoms with E-state index < -0.39 is 5.60 Å². The van der Waals surface area contributed by atoms with E-state index in [-0.39, 0.29) is 29.0 Å². The first-order valence-corrected chi connectivity index (χ1v) is 9.41. The molecular formula is C20H32O3. The van der Waals surface area contributed by atoms with E-state index in [4.69, 9.17) is 4.74 Å². The molecule has 130 valence electrons. The van der Waals surface area contributed by atoms with Crippen LogP contribution in [0.3, 0.4) is 0 Å². The predicted octanol–water partition coefficient (Wildman–Crippen LogP) is 3.44. The Morgan fingerprint density at radius 3 is 2.57 bits per heavy atom. The number of aliphatic hydroxyl groups is 2. The number of fused-ring (bicyclic) bond motifs is 5. The van der Waals surface area contributed by atoms with Crippen molar-refractivity contribution in [2.24, 2.45) is 22.7 Å². The molecule has 0 aromatic carbocycles. The van der Waals surface area contributed by atoms with Crippen LogP contribution in [0.4, 0.5) is 0 Å². The first-order chi connectivity index (χ1) is 10.7. The summed E-state index contributed by atoms with van der Waals surface area (Å²) < 4.78 is 5.67. The molecule has 2 bridgehead atoms. The van der Waals surface area contributed by atoms with Crippen LogP contribution in [0.2, 0.25) is 0 Å². The van der Waals surface area contributed by atoms with E-state index in [0.717, 1.165) is 32.1 Å². The lowest BCUT2D eigenvalue weighted by Gasteiger charge is -2.63. The summed E-state index contributed by atoms with van der Waals surface area (Å²) in [4.78, 5) is 0. The molecule has 2 N–H and O–H groups in total. The normalized spacial score (nSPS) is 51.9. The first kappa shape index (κ1) is 16.1. The average Bonchev–Trinajstić information content (AvgIpc) is 2.46. The minimum absolute atomic E-state index is 0.00403. The minimum Gasteiger partial charge on any atom is -0.392 e. The lowest BCUT2D eigenvalue weighted by Crippen LogP contribution is -2.71. The molecule has 3 aliphatic carbocycles. The topological polar surface area (TPSA) is 49.7 Å². The Bertz CT molecular complexity index is 551. The van der Waals surface area contributed by atoms with Crippen LogP contribution in [-0.2, 0) is 4.74 Å². The molecule has 6 atom stereocenters. The number of hydrogen-bond donors (Lipinski definition) is 2. The largest absolute Gasteiger partial charge is 0.392 e. The third-order valence-electron chi connectivity index (χ3n) is 8.28. The molecule has 3 heteroatoms. The van der Waals surface area contributed by atoms with Crippen molar-refractivity contribution < 1.29 is 14.9 Å². The van der Waals surface area contributed by atoms with Gasteiger partial charge in [-0.25, -0.2) is 0 Å². The highest BCUT2D eigenvalue weighted by Crippen LogP contribution is 2.61. The Morgan fingerprint density at radius 1 is 1.17 bits per heavy atom. The summed E-state index contributed by atoms with van der Waals surface area (Å²) in [6.07, 6.45) is 5.65. The van der Waals surface area contributed by atoms with Gasteiger partial charge in [0.1, 0.15) is 5.60 Å². The number of hydrogen-bond acceptors (Lipinski definition) is 3. The van der Waals surface area contributed by atoms with Crippen LogP contribution in [-0.4, -0.2) is 34.6 Å². The molecule has 4 rings (SSSR count). The molecular weight excluding hydrogens is 288 g/mol. The van der Waals surface area contributed by atoms with Gasteiger partial charge in [-0.3, -0.25) is 0 Å². The number of rotatable bonds is 0. The van der Waals surface area contributed by atoms with Gasteiger partial charge in [0.2, 0.25) is 0 Å². The van der Waals surface area contributed by atoms with E-state index in [2.05, 4.69) is 27.7 Å². The van der Waals surface area contributed by atoms with Gasteiger partial charge in [-0.15, -0.1) is 0 Å². The Hall–Kier alpha value is -0.380. The van der Waals surface area contributed by atoms with Crippen molar-refractivity contribution >= 4 is 0 Å². The summed E-state index contributed by atoms with van der Waals surface area (Å²) in [5.41, 5.74) is 2.22. The van der Waals surface area contributed by atoms with E-state index in [1.54, 1.807) is 0 Å². The fraction of sp³-hybridized carbons (Fsp3) is 0.900. The highest BCUT2D eigenvalue weighted by Gasteiger charge is 2.64. The van der Waals surface area contributed by atoms with Crippen LogP contribution in [0.1, 0.15) is 66.2 Å². The van der Waals surface area contributed by atoms with Gasteiger partial charge >= 0.3 is 0 Å². The van der Waals surface area contributed by atoms with Gasteiger partial charge in [0.25, 0.3) is 0 Å². The van der Waals surface area contributed by atoms with Crippen molar-refractivity contribution in [1.29, 1.82) is 0 Å². The molecule has 3 nitrogen and oxygen atoms in total. The summed E-state index contributed by atoms with van der Waals surface area (Å²) in [5.74, 6) is 0.753. The molecule has 0 aromatic rings. The maximum atomic E-state index is 11.3. The molecule has 0 spiro atoms. The Balaban J connectivity index is 1.79. The van der Waals surface area contributed by atoms with Gasteiger partial charge in [-0.2, -0.15) is 0 Å². The van der Waals surface area contributed by atoms with Gasteiger partial charge < -0.3 is 14.9 Å². The predicted molar refractivity (Wildman–Crippen MR) is 90.0 cm³/mol. The van der Waals surface area contributed by atoms with Gasteiger partial charge in [-0.1, -0.05) is 31.9 Å². The van der Waals surface area contributed by atoms with Crippen LogP contribution < -0.4 is 0 Å². The van der Waals surface area contributed by atoms with Crippen LogP contribution in [0.15, 0.2) is 11.1 Å². The zero-order chi connectivity index (χ0) is 16.6. The molecule has 1 aliphatic heterocycles. The lowest BCUT2D eigenvalue weighted by atomic mass is 9.48. The monoisotopic (exact) mass is 320 g/mol.